The van der Waals surface area contributed by atoms with Gasteiger partial charge in [0.15, 0.2) is 0 Å². The van der Waals surface area contributed by atoms with E-state index in [2.05, 4.69) is 104 Å². The molecule has 162 valence electrons. The third kappa shape index (κ3) is 4.87. The van der Waals surface area contributed by atoms with Crippen molar-refractivity contribution < 1.29 is 14.7 Å². The molecule has 1 heterocycles. The Kier molecular flexibility index (Phi) is 8.58. The van der Waals surface area contributed by atoms with Crippen molar-refractivity contribution in [1.82, 2.24) is 0 Å². The van der Waals surface area contributed by atoms with Gasteiger partial charge in [-0.25, -0.2) is 0 Å². The summed E-state index contributed by atoms with van der Waals surface area (Å²) < 4.78 is 0. The number of benzene rings is 3. The van der Waals surface area contributed by atoms with E-state index in [1.807, 2.05) is 0 Å². The van der Waals surface area contributed by atoms with E-state index in [0.717, 1.165) is 0 Å². The van der Waals surface area contributed by atoms with E-state index in [1.165, 1.54) is 22.5 Å². The van der Waals surface area contributed by atoms with Gasteiger partial charge in [-0.1, -0.05) is 80.6 Å². The average Bonchev–Trinajstić information content (AvgIpc) is 3.21. The molecule has 1 aliphatic carbocycles. The molecule has 5 unspecified atom stereocenters. The molecule has 1 fully saturated rings. The first-order valence-corrected chi connectivity index (χ1v) is 16.8. The fourth-order valence-corrected chi connectivity index (χ4v) is 5.51. The topological polar surface area (TPSA) is 3.24 Å². The zero-order valence-electron chi connectivity index (χ0n) is 18.1. The van der Waals surface area contributed by atoms with Gasteiger partial charge in [0.25, 0.3) is 0 Å². The van der Waals surface area contributed by atoms with Gasteiger partial charge in [-0.05, 0) is 41.2 Å². The van der Waals surface area contributed by atoms with Crippen molar-refractivity contribution in [1.29, 1.82) is 0 Å². The van der Waals surface area contributed by atoms with Gasteiger partial charge < -0.3 is 12.3 Å². The first-order valence-electron chi connectivity index (χ1n) is 10.3. The van der Waals surface area contributed by atoms with E-state index in [0.29, 0.717) is 29.7 Å². The molecule has 0 N–H and O–H groups in total. The number of nitrogens with zero attached hydrogens (tertiary/aromatic N) is 1. The van der Waals surface area contributed by atoms with Gasteiger partial charge >= 0.3 is 42.6 Å². The molecular formula is C26H28Cl3NTi. The summed E-state index contributed by atoms with van der Waals surface area (Å²) in [5, 5.41) is 0. The fraction of sp³-hybridized carbons (Fsp3) is 0.269. The molecule has 0 bridgehead atoms. The third-order valence-electron chi connectivity index (χ3n) is 6.77. The predicted octanol–water partition coefficient (Wildman–Crippen LogP) is 8.88. The summed E-state index contributed by atoms with van der Waals surface area (Å²) in [5.41, 5.74) is 5.72. The van der Waals surface area contributed by atoms with E-state index in [9.17, 15) is 0 Å². The quantitative estimate of drug-likeness (QED) is 0.247. The van der Waals surface area contributed by atoms with Crippen LogP contribution in [0.15, 0.2) is 84.9 Å². The molecule has 0 saturated heterocycles. The molecular weight excluding hydrogens is 481 g/mol. The van der Waals surface area contributed by atoms with Crippen molar-refractivity contribution in [2.45, 2.75) is 31.7 Å². The average molecular weight is 509 g/mol. The summed E-state index contributed by atoms with van der Waals surface area (Å²) in [6, 6.07) is 31.6. The Bertz CT molecular complexity index is 962. The molecule has 0 radical (unpaired) electrons. The molecule has 1 saturated carbocycles. The van der Waals surface area contributed by atoms with Crippen LogP contribution in [0, 0.1) is 19.3 Å². The van der Waals surface area contributed by atoms with Crippen LogP contribution in [0.1, 0.15) is 36.8 Å². The predicted molar refractivity (Wildman–Crippen MR) is 133 cm³/mol. The van der Waals surface area contributed by atoms with Crippen molar-refractivity contribution in [3.8, 4) is 0 Å². The number of anilines is 2. The van der Waals surface area contributed by atoms with E-state index >= 15 is 0 Å². The zero-order valence-corrected chi connectivity index (χ0v) is 21.9. The number of para-hydroxylation sites is 2. The number of rotatable bonds is 2. The van der Waals surface area contributed by atoms with Gasteiger partial charge in [-0.2, -0.15) is 0 Å². The Morgan fingerprint density at radius 3 is 1.77 bits per heavy atom. The second kappa shape index (κ2) is 10.8. The first kappa shape index (κ1) is 24.7. The van der Waals surface area contributed by atoms with Crippen molar-refractivity contribution in [2.75, 3.05) is 4.90 Å². The van der Waals surface area contributed by atoms with Crippen molar-refractivity contribution in [3.63, 3.8) is 0 Å². The second-order valence-electron chi connectivity index (χ2n) is 8.15. The van der Waals surface area contributed by atoms with E-state index < -0.39 is 14.7 Å². The van der Waals surface area contributed by atoms with Gasteiger partial charge in [0, 0.05) is 29.3 Å². The third-order valence-corrected chi connectivity index (χ3v) is 6.77. The summed E-state index contributed by atoms with van der Waals surface area (Å²) in [7, 11) is 14.9. The maximum atomic E-state index is 4.97. The van der Waals surface area contributed by atoms with E-state index in [4.69, 9.17) is 27.9 Å². The standard InChI is InChI=1S/C25H25N.CH3.3ClH.Ti/c1-17-18(2)24-21-15-9-10-16-22(21)26(20-13-7-4-8-14-20)25(24)23(17)19-11-5-3-6-12-19;;;;;/h3-18,23-25H,1-2H3;1H3;3*1H;/q;-1;;;;+4/p-3. The minimum absolute atomic E-state index is 0. The molecule has 3 aromatic rings. The Labute approximate surface area is 204 Å². The maximum absolute atomic E-state index is 4.97. The second-order valence-corrected chi connectivity index (χ2v) is 15.9. The minimum atomic E-state index is -1.92. The van der Waals surface area contributed by atoms with Crippen molar-refractivity contribution in [2.24, 2.45) is 11.8 Å². The van der Waals surface area contributed by atoms with Gasteiger partial charge in [0.1, 0.15) is 0 Å². The van der Waals surface area contributed by atoms with Gasteiger partial charge in [-0.3, -0.25) is 0 Å². The molecule has 1 nitrogen and oxygen atoms in total. The SMILES string of the molecule is CC1C(C)C2c3ccccc3N(c3ccccc3)C2C1c1ccccc1.[CH3-].[Cl][Ti+]([Cl])[Cl]. The van der Waals surface area contributed by atoms with Crippen LogP contribution in [-0.2, 0) is 14.7 Å². The van der Waals surface area contributed by atoms with Crippen molar-refractivity contribution >= 4 is 39.3 Å². The molecule has 0 amide bonds. The monoisotopic (exact) mass is 507 g/mol. The summed E-state index contributed by atoms with van der Waals surface area (Å²) >= 11 is -1.92. The Morgan fingerprint density at radius 2 is 1.16 bits per heavy atom. The molecule has 2 aliphatic rings. The zero-order chi connectivity index (χ0) is 21.3. The summed E-state index contributed by atoms with van der Waals surface area (Å²) in [6.45, 7) is 4.91. The number of halogens is 3. The number of hydrogen-bond donors (Lipinski definition) is 0. The van der Waals surface area contributed by atoms with Gasteiger partial charge in [0.2, 0.25) is 0 Å². The Morgan fingerprint density at radius 1 is 0.677 bits per heavy atom. The van der Waals surface area contributed by atoms with Crippen LogP contribution >= 0.6 is 27.9 Å². The summed E-state index contributed by atoms with van der Waals surface area (Å²) in [5.74, 6) is 2.46. The molecule has 5 heteroatoms. The van der Waals surface area contributed by atoms with Crippen LogP contribution in [0.3, 0.4) is 0 Å². The van der Waals surface area contributed by atoms with Crippen LogP contribution in [-0.4, -0.2) is 6.04 Å². The van der Waals surface area contributed by atoms with Crippen LogP contribution < -0.4 is 4.90 Å². The van der Waals surface area contributed by atoms with Gasteiger partial charge in [0.05, 0.1) is 0 Å². The molecule has 0 aromatic heterocycles. The normalized spacial score (nSPS) is 25.6. The molecule has 31 heavy (non-hydrogen) atoms. The van der Waals surface area contributed by atoms with Crippen molar-refractivity contribution in [3.05, 3.63) is 103 Å². The van der Waals surface area contributed by atoms with Crippen LogP contribution in [0.5, 0.6) is 0 Å². The first-order chi connectivity index (χ1) is 14.5. The van der Waals surface area contributed by atoms with Crippen LogP contribution in [0.2, 0.25) is 0 Å². The number of hydrogen-bond acceptors (Lipinski definition) is 1. The summed E-state index contributed by atoms with van der Waals surface area (Å²) in [6.07, 6.45) is 0. The molecule has 5 atom stereocenters. The Hall–Kier alpha value is -0.956. The van der Waals surface area contributed by atoms with E-state index in [1.54, 1.807) is 0 Å². The van der Waals surface area contributed by atoms with Crippen LogP contribution in [0.4, 0.5) is 11.4 Å². The van der Waals surface area contributed by atoms with Crippen LogP contribution in [0.25, 0.3) is 0 Å². The van der Waals surface area contributed by atoms with E-state index in [-0.39, 0.29) is 7.43 Å². The fourth-order valence-electron chi connectivity index (χ4n) is 5.51. The number of fused-ring (bicyclic) bond motifs is 3. The molecule has 5 rings (SSSR count). The van der Waals surface area contributed by atoms with Gasteiger partial charge in [-0.15, -0.1) is 0 Å². The molecule has 0 spiro atoms. The molecule has 3 aromatic carbocycles. The summed E-state index contributed by atoms with van der Waals surface area (Å²) in [4.78, 5) is 2.62. The molecule has 1 aliphatic heterocycles. The Balaban J connectivity index is 0.000000504.